The number of hydrogen-bond acceptors (Lipinski definition) is 1. The zero-order valence-electron chi connectivity index (χ0n) is 8.48. The molecule has 0 saturated carbocycles. The summed E-state index contributed by atoms with van der Waals surface area (Å²) in [4.78, 5) is 0. The van der Waals surface area contributed by atoms with Crippen LogP contribution in [0.25, 0.3) is 0 Å². The van der Waals surface area contributed by atoms with Gasteiger partial charge in [-0.1, -0.05) is 40.5 Å². The molecule has 78 valence electrons. The molecule has 0 aliphatic rings. The third-order valence-electron chi connectivity index (χ3n) is 2.27. The molecule has 1 N–H and O–H groups in total. The van der Waals surface area contributed by atoms with Crippen LogP contribution in [0.2, 0.25) is 5.02 Å². The normalized spacial score (nSPS) is 12.9. The van der Waals surface area contributed by atoms with Crippen LogP contribution >= 0.6 is 27.5 Å². The molecule has 0 bridgehead atoms. The van der Waals surface area contributed by atoms with E-state index < -0.39 is 0 Å². The van der Waals surface area contributed by atoms with Gasteiger partial charge in [-0.15, -0.1) is 0 Å². The highest BCUT2D eigenvalue weighted by molar-refractivity contribution is 9.10. The van der Waals surface area contributed by atoms with Crippen molar-refractivity contribution in [3.8, 4) is 0 Å². The predicted molar refractivity (Wildman–Crippen MR) is 65.7 cm³/mol. The van der Waals surface area contributed by atoms with Gasteiger partial charge in [-0.25, -0.2) is 0 Å². The number of benzene rings is 1. The van der Waals surface area contributed by atoms with Crippen LogP contribution in [0.5, 0.6) is 0 Å². The molecule has 3 heteroatoms. The van der Waals surface area contributed by atoms with E-state index in [-0.39, 0.29) is 0 Å². The molecule has 1 atom stereocenters. The van der Waals surface area contributed by atoms with Crippen LogP contribution in [0.1, 0.15) is 25.8 Å². The standard InChI is InChI=1S/C11H15BrClN/c1-3-8(2)14-7-9-4-5-10(13)6-11(9)12/h4-6,8,14H,3,7H2,1-2H3/t8-/m1/s1. The Kier molecular flexibility index (Phi) is 4.93. The second-order valence-electron chi connectivity index (χ2n) is 3.43. The van der Waals surface area contributed by atoms with Crippen molar-refractivity contribution in [2.45, 2.75) is 32.9 Å². The van der Waals surface area contributed by atoms with Crippen LogP contribution < -0.4 is 5.32 Å². The van der Waals surface area contributed by atoms with Gasteiger partial charge in [-0.2, -0.15) is 0 Å². The van der Waals surface area contributed by atoms with Crippen LogP contribution in [-0.2, 0) is 6.54 Å². The molecule has 0 unspecified atom stereocenters. The summed E-state index contributed by atoms with van der Waals surface area (Å²) < 4.78 is 1.07. The van der Waals surface area contributed by atoms with Crippen LogP contribution in [0, 0.1) is 0 Å². The summed E-state index contributed by atoms with van der Waals surface area (Å²) in [6, 6.07) is 6.44. The van der Waals surface area contributed by atoms with Gasteiger partial charge in [0.15, 0.2) is 0 Å². The van der Waals surface area contributed by atoms with Crippen LogP contribution in [0.3, 0.4) is 0 Å². The van der Waals surface area contributed by atoms with E-state index >= 15 is 0 Å². The smallest absolute Gasteiger partial charge is 0.0417 e. The van der Waals surface area contributed by atoms with Crippen LogP contribution in [0.15, 0.2) is 22.7 Å². The van der Waals surface area contributed by atoms with Crippen molar-refractivity contribution in [3.63, 3.8) is 0 Å². The Labute approximate surface area is 99.0 Å². The average Bonchev–Trinajstić information content (AvgIpc) is 2.16. The molecule has 0 aliphatic heterocycles. The molecule has 0 aliphatic carbocycles. The average molecular weight is 277 g/mol. The minimum atomic E-state index is 0.553. The van der Waals surface area contributed by atoms with Gasteiger partial charge in [0.25, 0.3) is 0 Å². The highest BCUT2D eigenvalue weighted by atomic mass is 79.9. The minimum Gasteiger partial charge on any atom is -0.310 e. The first-order chi connectivity index (χ1) is 6.63. The van der Waals surface area contributed by atoms with Crippen molar-refractivity contribution in [2.75, 3.05) is 0 Å². The Morgan fingerprint density at radius 2 is 2.21 bits per heavy atom. The lowest BCUT2D eigenvalue weighted by Crippen LogP contribution is -2.24. The van der Waals surface area contributed by atoms with E-state index in [1.165, 1.54) is 5.56 Å². The van der Waals surface area contributed by atoms with Crippen molar-refractivity contribution in [1.29, 1.82) is 0 Å². The molecule has 0 saturated heterocycles. The lowest BCUT2D eigenvalue weighted by atomic mass is 10.2. The Morgan fingerprint density at radius 1 is 1.50 bits per heavy atom. The molecule has 0 heterocycles. The summed E-state index contributed by atoms with van der Waals surface area (Å²) in [6.45, 7) is 5.24. The lowest BCUT2D eigenvalue weighted by Gasteiger charge is -2.12. The quantitative estimate of drug-likeness (QED) is 0.877. The number of hydrogen-bond donors (Lipinski definition) is 1. The van der Waals surface area contributed by atoms with E-state index in [1.54, 1.807) is 0 Å². The Bertz CT molecular complexity index is 301. The third kappa shape index (κ3) is 3.60. The van der Waals surface area contributed by atoms with Gasteiger partial charge < -0.3 is 5.32 Å². The third-order valence-corrected chi connectivity index (χ3v) is 3.24. The summed E-state index contributed by atoms with van der Waals surface area (Å²) in [7, 11) is 0. The van der Waals surface area contributed by atoms with Gasteiger partial charge in [0, 0.05) is 22.1 Å². The van der Waals surface area contributed by atoms with Crippen molar-refractivity contribution in [1.82, 2.24) is 5.32 Å². The predicted octanol–water partition coefficient (Wildman–Crippen LogP) is 3.99. The summed E-state index contributed by atoms with van der Waals surface area (Å²) in [5, 5.41) is 4.20. The van der Waals surface area contributed by atoms with E-state index in [9.17, 15) is 0 Å². The minimum absolute atomic E-state index is 0.553. The van der Waals surface area contributed by atoms with Crippen LogP contribution in [0.4, 0.5) is 0 Å². The molecular weight excluding hydrogens is 261 g/mol. The fraction of sp³-hybridized carbons (Fsp3) is 0.455. The van der Waals surface area contributed by atoms with Crippen molar-refractivity contribution >= 4 is 27.5 Å². The van der Waals surface area contributed by atoms with E-state index in [0.29, 0.717) is 6.04 Å². The maximum absolute atomic E-state index is 5.86. The first-order valence-electron chi connectivity index (χ1n) is 4.80. The molecule has 0 radical (unpaired) electrons. The number of halogens is 2. The van der Waals surface area contributed by atoms with E-state index in [4.69, 9.17) is 11.6 Å². The van der Waals surface area contributed by atoms with Gasteiger partial charge in [0.1, 0.15) is 0 Å². The van der Waals surface area contributed by atoms with E-state index in [2.05, 4.69) is 35.1 Å². The fourth-order valence-electron chi connectivity index (χ4n) is 1.09. The first-order valence-corrected chi connectivity index (χ1v) is 5.98. The zero-order valence-corrected chi connectivity index (χ0v) is 10.8. The van der Waals surface area contributed by atoms with Gasteiger partial charge in [0.05, 0.1) is 0 Å². The van der Waals surface area contributed by atoms with Gasteiger partial charge >= 0.3 is 0 Å². The Morgan fingerprint density at radius 3 is 2.79 bits per heavy atom. The highest BCUT2D eigenvalue weighted by Gasteiger charge is 2.02. The van der Waals surface area contributed by atoms with E-state index in [0.717, 1.165) is 22.5 Å². The lowest BCUT2D eigenvalue weighted by molar-refractivity contribution is 0.533. The molecule has 1 aromatic rings. The van der Waals surface area contributed by atoms with Gasteiger partial charge in [-0.3, -0.25) is 0 Å². The largest absolute Gasteiger partial charge is 0.310 e. The van der Waals surface area contributed by atoms with Crippen LogP contribution in [-0.4, -0.2) is 6.04 Å². The molecule has 0 aromatic heterocycles. The summed E-state index contributed by atoms with van der Waals surface area (Å²) >= 11 is 9.35. The summed E-state index contributed by atoms with van der Waals surface area (Å²) in [5.41, 5.74) is 1.25. The number of rotatable bonds is 4. The highest BCUT2D eigenvalue weighted by Crippen LogP contribution is 2.21. The van der Waals surface area contributed by atoms with Gasteiger partial charge in [-0.05, 0) is 31.0 Å². The molecule has 0 spiro atoms. The second kappa shape index (κ2) is 5.74. The maximum atomic E-state index is 5.86. The Hall–Kier alpha value is -0.0500. The van der Waals surface area contributed by atoms with Crippen molar-refractivity contribution in [3.05, 3.63) is 33.3 Å². The number of nitrogens with one attached hydrogen (secondary N) is 1. The van der Waals surface area contributed by atoms with Gasteiger partial charge in [0.2, 0.25) is 0 Å². The topological polar surface area (TPSA) is 12.0 Å². The molecule has 0 fully saturated rings. The van der Waals surface area contributed by atoms with Crippen molar-refractivity contribution < 1.29 is 0 Å². The summed E-state index contributed by atoms with van der Waals surface area (Å²) in [6.07, 6.45) is 1.14. The first kappa shape index (κ1) is 12.0. The SMILES string of the molecule is CC[C@@H](C)NCc1ccc(Cl)cc1Br. The maximum Gasteiger partial charge on any atom is 0.0417 e. The van der Waals surface area contributed by atoms with E-state index in [1.807, 2.05) is 18.2 Å². The molecular formula is C11H15BrClN. The zero-order chi connectivity index (χ0) is 10.6. The molecule has 1 rings (SSSR count). The molecule has 0 amide bonds. The second-order valence-corrected chi connectivity index (χ2v) is 4.72. The molecule has 1 nitrogen and oxygen atoms in total. The molecule has 1 aromatic carbocycles. The Balaban J connectivity index is 2.59. The monoisotopic (exact) mass is 275 g/mol. The van der Waals surface area contributed by atoms with Crippen molar-refractivity contribution in [2.24, 2.45) is 0 Å². The molecule has 14 heavy (non-hydrogen) atoms. The summed E-state index contributed by atoms with van der Waals surface area (Å²) in [5.74, 6) is 0. The fourth-order valence-corrected chi connectivity index (χ4v) is 1.92.